The summed E-state index contributed by atoms with van der Waals surface area (Å²) in [5.41, 5.74) is 0.794. The van der Waals surface area contributed by atoms with Gasteiger partial charge >= 0.3 is 0 Å². The van der Waals surface area contributed by atoms with Crippen LogP contribution in [0, 0.1) is 17.7 Å². The highest BCUT2D eigenvalue weighted by Crippen LogP contribution is 2.29. The number of amides is 1. The van der Waals surface area contributed by atoms with Gasteiger partial charge in [0.15, 0.2) is 11.0 Å². The number of thioether (sulfide) groups is 1. The van der Waals surface area contributed by atoms with E-state index in [1.165, 1.54) is 36.7 Å². The smallest absolute Gasteiger partial charge is 0.230 e. The SMILES string of the molecule is C[C@@H]1[C@H](C)CCC[C@@H]1NC(=O)CSc1nnc(-c2ccc(F)cc2)n1C. The zero-order chi connectivity index (χ0) is 18.7. The molecule has 1 aromatic heterocycles. The molecule has 0 aliphatic heterocycles. The van der Waals surface area contributed by atoms with E-state index in [0.29, 0.717) is 28.6 Å². The predicted octanol–water partition coefficient (Wildman–Crippen LogP) is 3.65. The van der Waals surface area contributed by atoms with Crippen molar-refractivity contribution in [1.29, 1.82) is 0 Å². The molecular formula is C19H25FN4OS. The molecule has 26 heavy (non-hydrogen) atoms. The molecule has 2 aromatic rings. The van der Waals surface area contributed by atoms with Gasteiger partial charge in [-0.25, -0.2) is 4.39 Å². The third kappa shape index (κ3) is 4.26. The highest BCUT2D eigenvalue weighted by Gasteiger charge is 2.28. The Labute approximate surface area is 157 Å². The fourth-order valence-electron chi connectivity index (χ4n) is 3.46. The Morgan fingerprint density at radius 3 is 2.73 bits per heavy atom. The van der Waals surface area contributed by atoms with Gasteiger partial charge in [0.05, 0.1) is 5.75 Å². The van der Waals surface area contributed by atoms with Crippen molar-refractivity contribution < 1.29 is 9.18 Å². The molecule has 140 valence electrons. The first-order chi connectivity index (χ1) is 12.5. The first-order valence-corrected chi connectivity index (χ1v) is 10.0. The van der Waals surface area contributed by atoms with E-state index < -0.39 is 0 Å². The summed E-state index contributed by atoms with van der Waals surface area (Å²) in [6, 6.07) is 6.41. The van der Waals surface area contributed by atoms with E-state index in [1.807, 2.05) is 11.6 Å². The summed E-state index contributed by atoms with van der Waals surface area (Å²) in [5, 5.41) is 12.2. The average Bonchev–Trinajstić information content (AvgIpc) is 2.99. The van der Waals surface area contributed by atoms with Crippen LogP contribution in [0.25, 0.3) is 11.4 Å². The summed E-state index contributed by atoms with van der Waals surface area (Å²) in [6.45, 7) is 4.48. The number of carbonyl (C=O) groups is 1. The van der Waals surface area contributed by atoms with E-state index in [-0.39, 0.29) is 17.8 Å². The molecule has 0 saturated heterocycles. The van der Waals surface area contributed by atoms with Crippen molar-refractivity contribution in [1.82, 2.24) is 20.1 Å². The lowest BCUT2D eigenvalue weighted by atomic mass is 9.78. The number of hydrogen-bond acceptors (Lipinski definition) is 4. The van der Waals surface area contributed by atoms with Gasteiger partial charge in [-0.2, -0.15) is 0 Å². The number of nitrogens with one attached hydrogen (secondary N) is 1. The van der Waals surface area contributed by atoms with Gasteiger partial charge in [0.25, 0.3) is 0 Å². The molecule has 1 fully saturated rings. The molecule has 1 N–H and O–H groups in total. The van der Waals surface area contributed by atoms with Gasteiger partial charge in [-0.3, -0.25) is 4.79 Å². The molecule has 0 bridgehead atoms. The Morgan fingerprint density at radius 1 is 1.27 bits per heavy atom. The van der Waals surface area contributed by atoms with E-state index in [9.17, 15) is 9.18 Å². The molecule has 1 aromatic carbocycles. The average molecular weight is 377 g/mol. The predicted molar refractivity (Wildman–Crippen MR) is 101 cm³/mol. The molecule has 3 atom stereocenters. The zero-order valence-corrected chi connectivity index (χ0v) is 16.2. The van der Waals surface area contributed by atoms with Crippen LogP contribution >= 0.6 is 11.8 Å². The monoisotopic (exact) mass is 376 g/mol. The third-order valence-electron chi connectivity index (χ3n) is 5.32. The summed E-state index contributed by atoms with van der Waals surface area (Å²) < 4.78 is 14.9. The van der Waals surface area contributed by atoms with Crippen molar-refractivity contribution in [2.75, 3.05) is 5.75 Å². The summed E-state index contributed by atoms with van der Waals surface area (Å²) in [5.74, 6) is 1.88. The van der Waals surface area contributed by atoms with Gasteiger partial charge in [0, 0.05) is 18.7 Å². The van der Waals surface area contributed by atoms with Crippen LogP contribution in [0.4, 0.5) is 4.39 Å². The molecule has 0 unspecified atom stereocenters. The van der Waals surface area contributed by atoms with Crippen molar-refractivity contribution in [2.24, 2.45) is 18.9 Å². The van der Waals surface area contributed by atoms with E-state index in [1.54, 1.807) is 12.1 Å². The van der Waals surface area contributed by atoms with Gasteiger partial charge in [0.1, 0.15) is 5.82 Å². The van der Waals surface area contributed by atoms with Crippen LogP contribution in [0.3, 0.4) is 0 Å². The Bertz CT molecular complexity index is 761. The largest absolute Gasteiger partial charge is 0.352 e. The highest BCUT2D eigenvalue weighted by molar-refractivity contribution is 7.99. The Kier molecular flexibility index (Phi) is 5.96. The normalized spacial score (nSPS) is 23.0. The van der Waals surface area contributed by atoms with Gasteiger partial charge in [-0.1, -0.05) is 38.5 Å². The van der Waals surface area contributed by atoms with E-state index >= 15 is 0 Å². The van der Waals surface area contributed by atoms with E-state index in [4.69, 9.17) is 0 Å². The Balaban J connectivity index is 1.58. The molecule has 1 saturated carbocycles. The fourth-order valence-corrected chi connectivity index (χ4v) is 4.18. The second-order valence-electron chi connectivity index (χ2n) is 7.10. The molecule has 3 rings (SSSR count). The minimum atomic E-state index is -0.284. The molecule has 0 spiro atoms. The Hall–Kier alpha value is -1.89. The van der Waals surface area contributed by atoms with Crippen LogP contribution in [0.1, 0.15) is 33.1 Å². The molecule has 5 nitrogen and oxygen atoms in total. The molecular weight excluding hydrogens is 351 g/mol. The zero-order valence-electron chi connectivity index (χ0n) is 15.4. The van der Waals surface area contributed by atoms with Crippen LogP contribution in [0.15, 0.2) is 29.4 Å². The molecule has 1 heterocycles. The number of benzene rings is 1. The first kappa shape index (κ1) is 18.9. The van der Waals surface area contributed by atoms with E-state index in [0.717, 1.165) is 12.0 Å². The van der Waals surface area contributed by atoms with Gasteiger partial charge in [-0.15, -0.1) is 10.2 Å². The van der Waals surface area contributed by atoms with Crippen LogP contribution in [0.2, 0.25) is 0 Å². The van der Waals surface area contributed by atoms with E-state index in [2.05, 4.69) is 29.4 Å². The fraction of sp³-hybridized carbons (Fsp3) is 0.526. The standard InChI is InChI=1S/C19H25FN4OS/c1-12-5-4-6-16(13(12)2)21-17(25)11-26-19-23-22-18(24(19)3)14-7-9-15(20)10-8-14/h7-10,12-13,16H,4-6,11H2,1-3H3,(H,21,25)/t12-,13-,16+/m1/s1. The molecule has 1 aliphatic rings. The highest BCUT2D eigenvalue weighted by atomic mass is 32.2. The van der Waals surface area contributed by atoms with Crippen LogP contribution in [-0.4, -0.2) is 32.5 Å². The first-order valence-electron chi connectivity index (χ1n) is 9.03. The van der Waals surface area contributed by atoms with Crippen LogP contribution in [0.5, 0.6) is 0 Å². The topological polar surface area (TPSA) is 59.8 Å². The molecule has 1 amide bonds. The molecule has 0 radical (unpaired) electrons. The number of rotatable bonds is 5. The second kappa shape index (κ2) is 8.20. The van der Waals surface area contributed by atoms with Gasteiger partial charge < -0.3 is 9.88 Å². The summed E-state index contributed by atoms with van der Waals surface area (Å²) in [4.78, 5) is 12.3. The number of halogens is 1. The Morgan fingerprint density at radius 2 is 2.00 bits per heavy atom. The third-order valence-corrected chi connectivity index (χ3v) is 6.34. The molecule has 1 aliphatic carbocycles. The second-order valence-corrected chi connectivity index (χ2v) is 8.04. The van der Waals surface area contributed by atoms with Gasteiger partial charge in [-0.05, 0) is 42.5 Å². The van der Waals surface area contributed by atoms with Gasteiger partial charge in [0.2, 0.25) is 5.91 Å². The lowest BCUT2D eigenvalue weighted by molar-refractivity contribution is -0.120. The minimum absolute atomic E-state index is 0.0345. The van der Waals surface area contributed by atoms with Crippen molar-refractivity contribution in [3.05, 3.63) is 30.1 Å². The van der Waals surface area contributed by atoms with Crippen LogP contribution < -0.4 is 5.32 Å². The van der Waals surface area contributed by atoms with Crippen molar-refractivity contribution in [3.8, 4) is 11.4 Å². The maximum Gasteiger partial charge on any atom is 0.230 e. The lowest BCUT2D eigenvalue weighted by Gasteiger charge is -2.34. The quantitative estimate of drug-likeness (QED) is 0.809. The lowest BCUT2D eigenvalue weighted by Crippen LogP contribution is -2.44. The maximum atomic E-state index is 13.1. The number of nitrogens with zero attached hydrogens (tertiary/aromatic N) is 3. The number of aromatic nitrogens is 3. The minimum Gasteiger partial charge on any atom is -0.352 e. The van der Waals surface area contributed by atoms with Crippen molar-refractivity contribution >= 4 is 17.7 Å². The summed E-state index contributed by atoms with van der Waals surface area (Å²) in [7, 11) is 1.85. The molecule has 7 heteroatoms. The van der Waals surface area contributed by atoms with Crippen molar-refractivity contribution in [2.45, 2.75) is 44.3 Å². The maximum absolute atomic E-state index is 13.1. The number of carbonyl (C=O) groups excluding carboxylic acids is 1. The van der Waals surface area contributed by atoms with Crippen molar-refractivity contribution in [3.63, 3.8) is 0 Å². The summed E-state index contributed by atoms with van der Waals surface area (Å²) >= 11 is 1.37. The van der Waals surface area contributed by atoms with Crippen LogP contribution in [-0.2, 0) is 11.8 Å². The summed E-state index contributed by atoms with van der Waals surface area (Å²) in [6.07, 6.45) is 3.47. The number of hydrogen-bond donors (Lipinski definition) is 1.